The maximum absolute atomic E-state index is 5.78. The zero-order chi connectivity index (χ0) is 17.9. The van der Waals surface area contributed by atoms with Gasteiger partial charge in [-0.1, -0.05) is 30.3 Å². The first-order valence-electron chi connectivity index (χ1n) is 9.00. The number of aromatic nitrogens is 4. The molecule has 134 valence electrons. The molecule has 3 aromatic rings. The van der Waals surface area contributed by atoms with Gasteiger partial charge in [-0.2, -0.15) is 9.78 Å². The molecule has 1 aliphatic heterocycles. The molecule has 3 heterocycles. The van der Waals surface area contributed by atoms with E-state index in [-0.39, 0.29) is 0 Å². The molecule has 1 fully saturated rings. The summed E-state index contributed by atoms with van der Waals surface area (Å²) in [7, 11) is 0. The van der Waals surface area contributed by atoms with E-state index in [1.54, 1.807) is 11.0 Å². The van der Waals surface area contributed by atoms with Gasteiger partial charge in [-0.15, -0.1) is 10.2 Å². The molecule has 4 rings (SSSR count). The smallest absolute Gasteiger partial charge is 0.184 e. The topological polar surface area (TPSA) is 57.2 Å². The first-order chi connectivity index (χ1) is 12.7. The molecule has 6 heteroatoms. The average Bonchev–Trinajstić information content (AvgIpc) is 3.39. The monoisotopic (exact) mass is 349 g/mol. The van der Waals surface area contributed by atoms with Crippen LogP contribution in [0.1, 0.15) is 29.8 Å². The molecule has 0 radical (unpaired) electrons. The van der Waals surface area contributed by atoms with Gasteiger partial charge in [0.15, 0.2) is 5.82 Å². The van der Waals surface area contributed by atoms with Gasteiger partial charge in [-0.3, -0.25) is 0 Å². The fourth-order valence-electron chi connectivity index (χ4n) is 3.45. The van der Waals surface area contributed by atoms with Crippen LogP contribution in [0, 0.1) is 13.8 Å². The molecule has 1 aliphatic rings. The fraction of sp³-hybridized carbons (Fsp3) is 0.350. The van der Waals surface area contributed by atoms with Crippen molar-refractivity contribution in [2.75, 3.05) is 6.61 Å². The van der Waals surface area contributed by atoms with Crippen molar-refractivity contribution in [1.82, 2.24) is 19.4 Å². The molecule has 0 N–H and O–H groups in total. The lowest BCUT2D eigenvalue weighted by molar-refractivity contribution is 0.0962. The summed E-state index contributed by atoms with van der Waals surface area (Å²) in [6.45, 7) is 6.06. The second kappa shape index (κ2) is 7.25. The van der Waals surface area contributed by atoms with Crippen LogP contribution in [0.2, 0.25) is 0 Å². The molecule has 0 unspecified atom stereocenters. The van der Waals surface area contributed by atoms with Crippen molar-refractivity contribution in [3.8, 4) is 11.4 Å². The van der Waals surface area contributed by atoms with E-state index in [1.807, 2.05) is 36.5 Å². The molecule has 1 saturated heterocycles. The fourth-order valence-corrected chi connectivity index (χ4v) is 3.45. The molecular weight excluding hydrogens is 326 g/mol. The normalized spacial score (nSPS) is 17.4. The summed E-state index contributed by atoms with van der Waals surface area (Å²) >= 11 is 0. The molecule has 0 aliphatic carbocycles. The first-order valence-corrected chi connectivity index (χ1v) is 9.00. The zero-order valence-electron chi connectivity index (χ0n) is 15.2. The highest BCUT2D eigenvalue weighted by atomic mass is 16.5. The van der Waals surface area contributed by atoms with Crippen LogP contribution in [0.3, 0.4) is 0 Å². The third-order valence-corrected chi connectivity index (χ3v) is 4.91. The van der Waals surface area contributed by atoms with Crippen molar-refractivity contribution < 1.29 is 4.74 Å². The minimum atomic E-state index is 0.326. The molecule has 1 aromatic carbocycles. The Morgan fingerprint density at radius 2 is 2.12 bits per heavy atom. The Morgan fingerprint density at radius 1 is 1.27 bits per heavy atom. The van der Waals surface area contributed by atoms with E-state index in [2.05, 4.69) is 39.8 Å². The predicted octanol–water partition coefficient (Wildman–Crippen LogP) is 3.42. The van der Waals surface area contributed by atoms with Gasteiger partial charge in [-0.25, -0.2) is 0 Å². The van der Waals surface area contributed by atoms with E-state index in [9.17, 15) is 0 Å². The maximum atomic E-state index is 5.78. The number of nitrogens with zero attached hydrogens (tertiary/aromatic N) is 5. The molecule has 2 aromatic heterocycles. The highest BCUT2D eigenvalue weighted by Gasteiger charge is 2.18. The zero-order valence-corrected chi connectivity index (χ0v) is 15.2. The molecular formula is C20H23N5O. The van der Waals surface area contributed by atoms with E-state index >= 15 is 0 Å². The van der Waals surface area contributed by atoms with E-state index in [0.29, 0.717) is 6.10 Å². The standard InChI is InChI=1S/C20H23N5O/c1-15-11-18(16(2)24(15)13-19-9-6-10-26-19)12-22-25-14-21-23-20(25)17-7-4-3-5-8-17/h3-5,7-8,11-12,14,19H,6,9-10,13H2,1-2H3/b22-12-/t19-/m1/s1. The molecule has 0 amide bonds. The molecule has 6 nitrogen and oxygen atoms in total. The van der Waals surface area contributed by atoms with E-state index in [0.717, 1.165) is 42.9 Å². The summed E-state index contributed by atoms with van der Waals surface area (Å²) in [6, 6.07) is 12.1. The van der Waals surface area contributed by atoms with Crippen LogP contribution in [0.25, 0.3) is 11.4 Å². The van der Waals surface area contributed by atoms with E-state index < -0.39 is 0 Å². The number of aryl methyl sites for hydroxylation is 1. The third kappa shape index (κ3) is 3.32. The maximum Gasteiger partial charge on any atom is 0.184 e. The van der Waals surface area contributed by atoms with Crippen molar-refractivity contribution in [2.45, 2.75) is 39.3 Å². The third-order valence-electron chi connectivity index (χ3n) is 4.91. The quantitative estimate of drug-likeness (QED) is 0.663. The number of hydrogen-bond acceptors (Lipinski definition) is 4. The molecule has 0 saturated carbocycles. The minimum absolute atomic E-state index is 0.326. The van der Waals surface area contributed by atoms with Crippen molar-refractivity contribution in [3.63, 3.8) is 0 Å². The number of ether oxygens (including phenoxy) is 1. The van der Waals surface area contributed by atoms with Crippen molar-refractivity contribution >= 4 is 6.21 Å². The summed E-state index contributed by atoms with van der Waals surface area (Å²) in [5.74, 6) is 0.731. The van der Waals surface area contributed by atoms with Gasteiger partial charge in [0.25, 0.3) is 0 Å². The molecule has 0 bridgehead atoms. The van der Waals surface area contributed by atoms with Crippen LogP contribution in [0.5, 0.6) is 0 Å². The average molecular weight is 349 g/mol. The summed E-state index contributed by atoms with van der Waals surface area (Å²) in [4.78, 5) is 0. The lowest BCUT2D eigenvalue weighted by atomic mass is 10.2. The van der Waals surface area contributed by atoms with Gasteiger partial charge in [0.2, 0.25) is 0 Å². The number of benzene rings is 1. The van der Waals surface area contributed by atoms with Crippen LogP contribution in [0.4, 0.5) is 0 Å². The second-order valence-electron chi connectivity index (χ2n) is 6.68. The molecule has 26 heavy (non-hydrogen) atoms. The van der Waals surface area contributed by atoms with Gasteiger partial charge in [-0.05, 0) is 32.8 Å². The Labute approximate surface area is 153 Å². The Morgan fingerprint density at radius 3 is 2.88 bits per heavy atom. The Hall–Kier alpha value is -2.73. The Bertz CT molecular complexity index is 904. The lowest BCUT2D eigenvalue weighted by Gasteiger charge is -2.14. The molecule has 1 atom stereocenters. The van der Waals surface area contributed by atoms with E-state index in [4.69, 9.17) is 4.74 Å². The predicted molar refractivity (Wildman–Crippen MR) is 101 cm³/mol. The van der Waals surface area contributed by atoms with E-state index in [1.165, 1.54) is 11.4 Å². The number of hydrogen-bond donors (Lipinski definition) is 0. The summed E-state index contributed by atoms with van der Waals surface area (Å²) in [6.07, 6.45) is 6.14. The SMILES string of the molecule is Cc1cc(/C=N\n2cnnc2-c2ccccc2)c(C)n1C[C@H]1CCCO1. The van der Waals surface area contributed by atoms with Crippen LogP contribution < -0.4 is 0 Å². The van der Waals surface area contributed by atoms with Crippen LogP contribution in [-0.4, -0.2) is 38.4 Å². The van der Waals surface area contributed by atoms with Crippen molar-refractivity contribution in [1.29, 1.82) is 0 Å². The van der Waals surface area contributed by atoms with Gasteiger partial charge in [0.1, 0.15) is 6.33 Å². The van der Waals surface area contributed by atoms with Crippen LogP contribution in [0.15, 0.2) is 47.8 Å². The highest BCUT2D eigenvalue weighted by Crippen LogP contribution is 2.20. The first kappa shape index (κ1) is 16.7. The Balaban J connectivity index is 1.57. The van der Waals surface area contributed by atoms with Crippen molar-refractivity contribution in [2.24, 2.45) is 5.10 Å². The van der Waals surface area contributed by atoms with Gasteiger partial charge in [0, 0.05) is 35.7 Å². The van der Waals surface area contributed by atoms with Crippen LogP contribution >= 0.6 is 0 Å². The summed E-state index contributed by atoms with van der Waals surface area (Å²) in [5.41, 5.74) is 4.53. The van der Waals surface area contributed by atoms with Gasteiger partial charge >= 0.3 is 0 Å². The lowest BCUT2D eigenvalue weighted by Crippen LogP contribution is -2.16. The largest absolute Gasteiger partial charge is 0.376 e. The second-order valence-corrected chi connectivity index (χ2v) is 6.68. The van der Waals surface area contributed by atoms with Gasteiger partial charge in [0.05, 0.1) is 12.3 Å². The summed E-state index contributed by atoms with van der Waals surface area (Å²) < 4.78 is 9.82. The van der Waals surface area contributed by atoms with Gasteiger partial charge < -0.3 is 9.30 Å². The highest BCUT2D eigenvalue weighted by molar-refractivity contribution is 5.81. The number of rotatable bonds is 5. The minimum Gasteiger partial charge on any atom is -0.376 e. The summed E-state index contributed by atoms with van der Waals surface area (Å²) in [5, 5.41) is 12.8. The van der Waals surface area contributed by atoms with Crippen LogP contribution in [-0.2, 0) is 11.3 Å². The Kier molecular flexibility index (Phi) is 4.67. The van der Waals surface area contributed by atoms with Crippen molar-refractivity contribution in [3.05, 3.63) is 59.7 Å². The molecule has 0 spiro atoms.